The number of rotatable bonds is 5. The molecule has 0 aliphatic carbocycles. The Bertz CT molecular complexity index is 1200. The molecule has 3 heterocycles. The monoisotopic (exact) mass is 467 g/mol. The van der Waals surface area contributed by atoms with Gasteiger partial charge in [-0.05, 0) is 30.5 Å². The van der Waals surface area contributed by atoms with Gasteiger partial charge in [0.15, 0.2) is 0 Å². The number of fused-ring (bicyclic) bond motifs is 4. The number of nitrogens with zero attached hydrogens (tertiary/aromatic N) is 1. The maximum absolute atomic E-state index is 13.7. The van der Waals surface area contributed by atoms with Gasteiger partial charge in [0.05, 0.1) is 29.1 Å². The predicted molar refractivity (Wildman–Crippen MR) is 119 cm³/mol. The van der Waals surface area contributed by atoms with Gasteiger partial charge in [-0.2, -0.15) is 0 Å². The zero-order chi connectivity index (χ0) is 23.5. The predicted octanol–water partition coefficient (Wildman–Crippen LogP) is 2.43. The molecule has 0 saturated carbocycles. The Morgan fingerprint density at radius 3 is 2.58 bits per heavy atom. The summed E-state index contributed by atoms with van der Waals surface area (Å²) >= 11 is 6.40. The minimum Gasteiger partial charge on any atom is -0.481 e. The van der Waals surface area contributed by atoms with Crippen molar-refractivity contribution in [2.45, 2.75) is 37.9 Å². The minimum absolute atomic E-state index is 0.0935. The number of hydrogen-bond acceptors (Lipinski definition) is 5. The van der Waals surface area contributed by atoms with Crippen LogP contribution in [0.2, 0.25) is 5.02 Å². The molecular weight excluding hydrogens is 446 g/mol. The van der Waals surface area contributed by atoms with Gasteiger partial charge < -0.3 is 10.4 Å². The number of carboxylic acids is 1. The van der Waals surface area contributed by atoms with Gasteiger partial charge in [0.25, 0.3) is 0 Å². The lowest BCUT2D eigenvalue weighted by molar-refractivity contribution is -0.144. The molecule has 4 atom stereocenters. The number of aryl methyl sites for hydroxylation is 1. The smallest absolute Gasteiger partial charge is 0.303 e. The molecule has 5 rings (SSSR count). The number of amides is 3. The van der Waals surface area contributed by atoms with Crippen molar-refractivity contribution < 1.29 is 24.3 Å². The Morgan fingerprint density at radius 2 is 1.88 bits per heavy atom. The van der Waals surface area contributed by atoms with E-state index in [0.29, 0.717) is 16.3 Å². The maximum Gasteiger partial charge on any atom is 0.303 e. The SMILES string of the molecule is Cc1cc(Cl)c2c(c1)[C@@]1(N[C@@H](CCC(=O)O)[C@H]3C(=O)N(Cc4ccccc4)C(=O)[C@@H]31)C(=O)N2. The number of carbonyl (C=O) groups excluding carboxylic acids is 3. The zero-order valence-corrected chi connectivity index (χ0v) is 18.6. The lowest BCUT2D eigenvalue weighted by atomic mass is 9.76. The summed E-state index contributed by atoms with van der Waals surface area (Å²) in [5.41, 5.74) is 1.04. The summed E-state index contributed by atoms with van der Waals surface area (Å²) in [6.07, 6.45) is -0.0845. The Morgan fingerprint density at radius 1 is 1.15 bits per heavy atom. The highest BCUT2D eigenvalue weighted by atomic mass is 35.5. The number of benzene rings is 2. The minimum atomic E-state index is -1.49. The second kappa shape index (κ2) is 7.67. The van der Waals surface area contributed by atoms with Crippen molar-refractivity contribution >= 4 is 41.0 Å². The second-order valence-corrected chi connectivity index (χ2v) is 9.27. The fourth-order valence-corrected chi connectivity index (χ4v) is 5.82. The third kappa shape index (κ3) is 3.16. The Kier molecular flexibility index (Phi) is 5.02. The molecule has 2 aromatic rings. The molecule has 2 saturated heterocycles. The number of anilines is 1. The average Bonchev–Trinajstić information content (AvgIpc) is 3.35. The first-order chi connectivity index (χ1) is 15.7. The summed E-state index contributed by atoms with van der Waals surface area (Å²) in [7, 11) is 0. The normalized spacial score (nSPS) is 27.8. The number of likely N-dealkylation sites (tertiary alicyclic amines) is 1. The van der Waals surface area contributed by atoms with Crippen molar-refractivity contribution in [1.29, 1.82) is 0 Å². The van der Waals surface area contributed by atoms with Crippen LogP contribution in [0, 0.1) is 18.8 Å². The Labute approximate surface area is 194 Å². The number of hydrogen-bond donors (Lipinski definition) is 3. The maximum atomic E-state index is 13.7. The highest BCUT2D eigenvalue weighted by Gasteiger charge is 2.70. The lowest BCUT2D eigenvalue weighted by Gasteiger charge is -2.29. The van der Waals surface area contributed by atoms with E-state index in [4.69, 9.17) is 11.6 Å². The van der Waals surface area contributed by atoms with Crippen LogP contribution in [0.4, 0.5) is 5.69 Å². The van der Waals surface area contributed by atoms with E-state index < -0.39 is 47.1 Å². The van der Waals surface area contributed by atoms with Gasteiger partial charge in [-0.3, -0.25) is 29.4 Å². The van der Waals surface area contributed by atoms with Crippen molar-refractivity contribution in [3.8, 4) is 0 Å². The number of imide groups is 1. The number of carboxylic acid groups (broad SMARTS) is 1. The van der Waals surface area contributed by atoms with E-state index in [0.717, 1.165) is 11.1 Å². The van der Waals surface area contributed by atoms with E-state index in [1.165, 1.54) is 4.90 Å². The molecule has 9 heteroatoms. The quantitative estimate of drug-likeness (QED) is 0.582. The number of nitrogens with one attached hydrogen (secondary N) is 2. The van der Waals surface area contributed by atoms with Gasteiger partial charge in [-0.15, -0.1) is 0 Å². The summed E-state index contributed by atoms with van der Waals surface area (Å²) in [6, 6.07) is 12.0. The van der Waals surface area contributed by atoms with Crippen molar-refractivity contribution in [2.24, 2.45) is 11.8 Å². The van der Waals surface area contributed by atoms with E-state index in [1.807, 2.05) is 37.3 Å². The summed E-state index contributed by atoms with van der Waals surface area (Å²) in [6.45, 7) is 1.93. The summed E-state index contributed by atoms with van der Waals surface area (Å²) in [5, 5.41) is 15.6. The first kappa shape index (κ1) is 21.6. The molecule has 33 heavy (non-hydrogen) atoms. The average molecular weight is 468 g/mol. The first-order valence-electron chi connectivity index (χ1n) is 10.7. The van der Waals surface area contributed by atoms with Crippen LogP contribution in [0.5, 0.6) is 0 Å². The fourth-order valence-electron chi connectivity index (χ4n) is 5.50. The standard InChI is InChI=1S/C24H22ClN3O5/c1-12-9-14-20(15(25)10-12)26-23(33)24(14)19-18(16(27-24)7-8-17(29)30)21(31)28(22(19)32)11-13-5-3-2-4-6-13/h2-6,9-10,16,18-19,27H,7-8,11H2,1H3,(H,26,33)(H,29,30)/t16-,18+,19+,24-/m0/s1. The molecule has 0 bridgehead atoms. The molecule has 8 nitrogen and oxygen atoms in total. The van der Waals surface area contributed by atoms with Crippen LogP contribution in [0.15, 0.2) is 42.5 Å². The molecule has 170 valence electrons. The van der Waals surface area contributed by atoms with E-state index in [-0.39, 0.29) is 19.4 Å². The second-order valence-electron chi connectivity index (χ2n) is 8.87. The summed E-state index contributed by atoms with van der Waals surface area (Å²) < 4.78 is 0. The molecule has 2 fully saturated rings. The van der Waals surface area contributed by atoms with Gasteiger partial charge in [0, 0.05) is 18.0 Å². The van der Waals surface area contributed by atoms with Crippen LogP contribution in [-0.2, 0) is 31.3 Å². The van der Waals surface area contributed by atoms with Crippen LogP contribution >= 0.6 is 11.6 Å². The number of carbonyl (C=O) groups is 4. The Balaban J connectivity index is 1.62. The van der Waals surface area contributed by atoms with Crippen LogP contribution in [0.3, 0.4) is 0 Å². The molecular formula is C24H22ClN3O5. The number of halogens is 1. The van der Waals surface area contributed by atoms with Crippen molar-refractivity contribution in [2.75, 3.05) is 5.32 Å². The molecule has 1 spiro atoms. The molecule has 0 radical (unpaired) electrons. The topological polar surface area (TPSA) is 116 Å². The van der Waals surface area contributed by atoms with Crippen LogP contribution in [-0.4, -0.2) is 39.7 Å². The van der Waals surface area contributed by atoms with Gasteiger partial charge in [0.1, 0.15) is 5.54 Å². The van der Waals surface area contributed by atoms with Crippen molar-refractivity contribution in [1.82, 2.24) is 10.2 Å². The van der Waals surface area contributed by atoms with Gasteiger partial charge in [-0.25, -0.2) is 0 Å². The van der Waals surface area contributed by atoms with E-state index in [2.05, 4.69) is 10.6 Å². The molecule has 3 aliphatic heterocycles. The fraction of sp³-hybridized carbons (Fsp3) is 0.333. The molecule has 3 aliphatic rings. The van der Waals surface area contributed by atoms with Gasteiger partial charge in [0.2, 0.25) is 17.7 Å². The highest BCUT2D eigenvalue weighted by molar-refractivity contribution is 6.35. The number of aliphatic carboxylic acids is 1. The third-order valence-electron chi connectivity index (χ3n) is 6.86. The van der Waals surface area contributed by atoms with Crippen LogP contribution < -0.4 is 10.6 Å². The molecule has 2 aromatic carbocycles. The van der Waals surface area contributed by atoms with Gasteiger partial charge >= 0.3 is 5.97 Å². The van der Waals surface area contributed by atoms with Gasteiger partial charge in [-0.1, -0.05) is 48.0 Å². The molecule has 3 N–H and O–H groups in total. The summed E-state index contributed by atoms with van der Waals surface area (Å²) in [5.74, 6) is -4.15. The Hall–Kier alpha value is -3.23. The van der Waals surface area contributed by atoms with E-state index >= 15 is 0 Å². The molecule has 0 unspecified atom stereocenters. The van der Waals surface area contributed by atoms with Crippen LogP contribution in [0.25, 0.3) is 0 Å². The van der Waals surface area contributed by atoms with Crippen LogP contribution in [0.1, 0.15) is 29.5 Å². The van der Waals surface area contributed by atoms with E-state index in [1.54, 1.807) is 12.1 Å². The zero-order valence-electron chi connectivity index (χ0n) is 17.8. The lowest BCUT2D eigenvalue weighted by Crippen LogP contribution is -2.53. The molecule has 3 amide bonds. The van der Waals surface area contributed by atoms with Crippen molar-refractivity contribution in [3.05, 3.63) is 64.2 Å². The highest BCUT2D eigenvalue weighted by Crippen LogP contribution is 2.55. The largest absolute Gasteiger partial charge is 0.481 e. The first-order valence-corrected chi connectivity index (χ1v) is 11.1. The summed E-state index contributed by atoms with van der Waals surface area (Å²) in [4.78, 5) is 53.1. The third-order valence-corrected chi connectivity index (χ3v) is 7.16. The van der Waals surface area contributed by atoms with E-state index in [9.17, 15) is 24.3 Å². The molecule has 0 aromatic heterocycles. The van der Waals surface area contributed by atoms with Crippen molar-refractivity contribution in [3.63, 3.8) is 0 Å².